The predicted molar refractivity (Wildman–Crippen MR) is 188 cm³/mol. The van der Waals surface area contributed by atoms with Crippen LogP contribution in [0.2, 0.25) is 0 Å². The molecule has 0 aliphatic carbocycles. The molecule has 0 saturated heterocycles. The zero-order valence-electron chi connectivity index (χ0n) is 29.3. The molecule has 3 N–H and O–H groups in total. The van der Waals surface area contributed by atoms with Crippen LogP contribution < -0.4 is 0 Å². The lowest BCUT2D eigenvalue weighted by Gasteiger charge is -2.37. The van der Waals surface area contributed by atoms with Gasteiger partial charge in [-0.2, -0.15) is 26.3 Å². The van der Waals surface area contributed by atoms with Crippen molar-refractivity contribution >= 4 is 21.6 Å². The van der Waals surface area contributed by atoms with Crippen molar-refractivity contribution in [3.8, 4) is 5.75 Å². The van der Waals surface area contributed by atoms with Gasteiger partial charge in [0.15, 0.2) is 11.2 Å². The molecule has 2 heterocycles. The molecule has 3 aromatic carbocycles. The Balaban J connectivity index is 0.000000239. The molecular weight excluding hydrogens is 709 g/mol. The van der Waals surface area contributed by atoms with Crippen LogP contribution in [-0.4, -0.2) is 48.8 Å². The van der Waals surface area contributed by atoms with Crippen LogP contribution >= 0.6 is 11.3 Å². The van der Waals surface area contributed by atoms with Crippen LogP contribution in [0.25, 0.3) is 10.2 Å². The normalized spacial score (nSPS) is 15.0. The van der Waals surface area contributed by atoms with E-state index >= 15 is 0 Å². The number of fused-ring (bicyclic) bond motifs is 1. The minimum absolute atomic E-state index is 0.0000923. The van der Waals surface area contributed by atoms with E-state index in [-0.39, 0.29) is 22.0 Å². The van der Waals surface area contributed by atoms with Gasteiger partial charge in [0.25, 0.3) is 0 Å². The highest BCUT2D eigenvalue weighted by atomic mass is 32.1. The molecule has 0 radical (unpaired) electrons. The van der Waals surface area contributed by atoms with E-state index in [0.717, 1.165) is 45.4 Å². The maximum Gasteiger partial charge on any atom is 0.417 e. The highest BCUT2D eigenvalue weighted by Crippen LogP contribution is 2.46. The van der Waals surface area contributed by atoms with Gasteiger partial charge < -0.3 is 15.3 Å². The fourth-order valence-corrected chi connectivity index (χ4v) is 7.39. The van der Waals surface area contributed by atoms with Gasteiger partial charge in [-0.1, -0.05) is 70.2 Å². The summed E-state index contributed by atoms with van der Waals surface area (Å²) in [7, 11) is 0. The average Bonchev–Trinajstić information content (AvgIpc) is 3.42. The number of hydrogen-bond acceptors (Lipinski definition) is 6. The maximum atomic E-state index is 13.9. The number of thiazole rings is 1. The molecule has 5 rings (SSSR count). The number of rotatable bonds is 10. The second kappa shape index (κ2) is 15.1. The molecule has 0 aliphatic heterocycles. The van der Waals surface area contributed by atoms with Crippen molar-refractivity contribution in [2.24, 2.45) is 0 Å². The molecule has 5 aromatic rings. The van der Waals surface area contributed by atoms with Gasteiger partial charge in [-0.05, 0) is 84.2 Å². The first-order valence-electron chi connectivity index (χ1n) is 16.3. The van der Waals surface area contributed by atoms with Crippen LogP contribution in [-0.2, 0) is 23.7 Å². The lowest BCUT2D eigenvalue weighted by molar-refractivity contribution is -0.266. The standard InChI is InChI=1S/C21H21F4NO2S.C18H20F3NO/c1-12-4-7-17-15(8-12)26-18(29-17)10-20(28,21(23,24)25)11-19(2,3)14-9-13(22)5-6-16(14)27;1-16(2,14-8-4-3-5-9-14)13-17(23,18(19,20)21)12-15-10-6-7-11-22-15/h4-9,27-28H,10-11H2,1-3H3;3-11,23H,12-13H2,1-2H3. The van der Waals surface area contributed by atoms with Crippen LogP contribution in [0.3, 0.4) is 0 Å². The van der Waals surface area contributed by atoms with Gasteiger partial charge in [0.2, 0.25) is 0 Å². The van der Waals surface area contributed by atoms with Crippen molar-refractivity contribution in [3.05, 3.63) is 124 Å². The Bertz CT molecular complexity index is 1950. The molecule has 0 fully saturated rings. The minimum Gasteiger partial charge on any atom is -0.508 e. The highest BCUT2D eigenvalue weighted by molar-refractivity contribution is 7.18. The summed E-state index contributed by atoms with van der Waals surface area (Å²) in [6, 6.07) is 22.2. The van der Waals surface area contributed by atoms with Crippen LogP contribution in [0, 0.1) is 12.7 Å². The third-order valence-electron chi connectivity index (χ3n) is 9.00. The van der Waals surface area contributed by atoms with E-state index in [0.29, 0.717) is 5.52 Å². The molecule has 0 aliphatic rings. The Morgan fingerprint density at radius 1 is 0.692 bits per heavy atom. The van der Waals surface area contributed by atoms with Crippen molar-refractivity contribution in [3.63, 3.8) is 0 Å². The number of aliphatic hydroxyl groups is 2. The lowest BCUT2D eigenvalue weighted by Crippen LogP contribution is -2.51. The Hall–Kier alpha value is -4.07. The van der Waals surface area contributed by atoms with Crippen LogP contribution in [0.5, 0.6) is 5.75 Å². The van der Waals surface area contributed by atoms with Gasteiger partial charge in [-0.15, -0.1) is 11.3 Å². The van der Waals surface area contributed by atoms with E-state index in [1.165, 1.54) is 26.1 Å². The summed E-state index contributed by atoms with van der Waals surface area (Å²) in [6.45, 7) is 8.13. The number of aromatic nitrogens is 2. The van der Waals surface area contributed by atoms with E-state index < -0.39 is 65.9 Å². The Morgan fingerprint density at radius 3 is 1.88 bits per heavy atom. The van der Waals surface area contributed by atoms with E-state index in [2.05, 4.69) is 9.97 Å². The number of benzene rings is 3. The van der Waals surface area contributed by atoms with Gasteiger partial charge in [0.1, 0.15) is 11.6 Å². The van der Waals surface area contributed by atoms with Crippen LogP contribution in [0.4, 0.5) is 30.7 Å². The molecule has 5 nitrogen and oxygen atoms in total. The Kier molecular flexibility index (Phi) is 11.8. The fraction of sp³-hybridized carbons (Fsp3) is 0.385. The number of aryl methyl sites for hydroxylation is 1. The van der Waals surface area contributed by atoms with Gasteiger partial charge in [0.05, 0.1) is 15.2 Å². The number of phenolic OH excluding ortho intramolecular Hbond substituents is 1. The first-order valence-corrected chi connectivity index (χ1v) is 17.2. The number of phenols is 1. The molecule has 2 unspecified atom stereocenters. The predicted octanol–water partition coefficient (Wildman–Crippen LogP) is 9.94. The highest BCUT2D eigenvalue weighted by Gasteiger charge is 2.57. The van der Waals surface area contributed by atoms with Crippen molar-refractivity contribution in [2.75, 3.05) is 0 Å². The molecule has 52 heavy (non-hydrogen) atoms. The summed E-state index contributed by atoms with van der Waals surface area (Å²) in [5, 5.41) is 31.3. The zero-order valence-corrected chi connectivity index (χ0v) is 30.1. The number of nitrogens with zero attached hydrogens (tertiary/aromatic N) is 2. The third-order valence-corrected chi connectivity index (χ3v) is 10.0. The minimum atomic E-state index is -4.94. The van der Waals surface area contributed by atoms with Crippen molar-refractivity contribution < 1.29 is 46.1 Å². The van der Waals surface area contributed by atoms with E-state index in [9.17, 15) is 46.1 Å². The molecular formula is C39H41F7N2O3S. The van der Waals surface area contributed by atoms with Crippen molar-refractivity contribution in [1.82, 2.24) is 9.97 Å². The average molecular weight is 751 g/mol. The molecule has 0 spiro atoms. The molecule has 0 bridgehead atoms. The molecule has 0 amide bonds. The van der Waals surface area contributed by atoms with Gasteiger partial charge >= 0.3 is 12.4 Å². The smallest absolute Gasteiger partial charge is 0.417 e. The van der Waals surface area contributed by atoms with E-state index in [1.807, 2.05) is 19.1 Å². The van der Waals surface area contributed by atoms with Gasteiger partial charge in [0, 0.05) is 30.3 Å². The molecule has 2 atom stereocenters. The molecule has 2 aromatic heterocycles. The summed E-state index contributed by atoms with van der Waals surface area (Å²) in [5.41, 5.74) is -5.64. The van der Waals surface area contributed by atoms with Crippen molar-refractivity contribution in [1.29, 1.82) is 0 Å². The van der Waals surface area contributed by atoms with Crippen molar-refractivity contribution in [2.45, 2.75) is 94.7 Å². The lowest BCUT2D eigenvalue weighted by atomic mass is 9.73. The van der Waals surface area contributed by atoms with Crippen LogP contribution in [0.15, 0.2) is 91.1 Å². The first-order chi connectivity index (χ1) is 23.9. The van der Waals surface area contributed by atoms with Gasteiger partial charge in [-0.25, -0.2) is 9.37 Å². The fourth-order valence-electron chi connectivity index (χ4n) is 6.34. The third kappa shape index (κ3) is 9.67. The van der Waals surface area contributed by atoms with E-state index in [1.54, 1.807) is 62.4 Å². The summed E-state index contributed by atoms with van der Waals surface area (Å²) in [6.07, 6.45) is -10.8. The Labute approximate surface area is 301 Å². The largest absolute Gasteiger partial charge is 0.508 e. The first kappa shape index (κ1) is 40.7. The van der Waals surface area contributed by atoms with E-state index in [4.69, 9.17) is 0 Å². The summed E-state index contributed by atoms with van der Waals surface area (Å²) in [4.78, 5) is 8.18. The Morgan fingerprint density at radius 2 is 1.29 bits per heavy atom. The number of pyridine rings is 1. The summed E-state index contributed by atoms with van der Waals surface area (Å²) in [5.74, 6) is -1.00. The number of halogens is 7. The molecule has 0 saturated carbocycles. The maximum absolute atomic E-state index is 13.9. The zero-order chi connectivity index (χ0) is 38.8. The molecule has 13 heteroatoms. The SMILES string of the molecule is CC(C)(CC(O)(Cc1ccccn1)C(F)(F)F)c1ccccc1.Cc1ccc2sc(CC(O)(CC(C)(C)c3cc(F)ccc3O)C(F)(F)F)nc2c1. The molecule has 280 valence electrons. The van der Waals surface area contributed by atoms with Gasteiger partial charge in [-0.3, -0.25) is 4.98 Å². The summed E-state index contributed by atoms with van der Waals surface area (Å²) >= 11 is 1.10. The second-order valence-electron chi connectivity index (χ2n) is 14.5. The number of aromatic hydroxyl groups is 1. The topological polar surface area (TPSA) is 86.5 Å². The second-order valence-corrected chi connectivity index (χ2v) is 15.6. The van der Waals surface area contributed by atoms with Crippen LogP contribution in [0.1, 0.15) is 67.9 Å². The quantitative estimate of drug-likeness (QED) is 0.124. The number of alkyl halides is 6. The summed E-state index contributed by atoms with van der Waals surface area (Å²) < 4.78 is 96.8. The monoisotopic (exact) mass is 750 g/mol. The number of hydrogen-bond donors (Lipinski definition) is 3.